The molecule has 5 nitrogen and oxygen atoms in total. The van der Waals surface area contributed by atoms with Crippen LogP contribution in [0.1, 0.15) is 0 Å². The fourth-order valence-corrected chi connectivity index (χ4v) is 1.30. The number of para-hydroxylation sites is 1. The first-order valence-corrected chi connectivity index (χ1v) is 4.43. The maximum absolute atomic E-state index is 10.7. The molecule has 0 atom stereocenters. The van der Waals surface area contributed by atoms with Gasteiger partial charge in [-0.1, -0.05) is 18.2 Å². The fourth-order valence-electron chi connectivity index (χ4n) is 1.30. The highest BCUT2D eigenvalue weighted by Crippen LogP contribution is 2.13. The molecule has 15 heavy (non-hydrogen) atoms. The second-order valence-corrected chi connectivity index (χ2v) is 2.95. The van der Waals surface area contributed by atoms with E-state index in [1.165, 1.54) is 0 Å². The van der Waals surface area contributed by atoms with Gasteiger partial charge >= 0.3 is 6.03 Å². The molecule has 1 aromatic heterocycles. The standard InChI is InChI=1S/C10H10N4O/c11-10(15)13-9-6-7-12-14(9)8-4-2-1-3-5-8/h1-7H,(H3,11,13,15). The zero-order valence-corrected chi connectivity index (χ0v) is 7.92. The molecule has 0 spiro atoms. The second kappa shape index (κ2) is 3.83. The Morgan fingerprint density at radius 2 is 2.00 bits per heavy atom. The largest absolute Gasteiger partial charge is 0.351 e. The van der Waals surface area contributed by atoms with Crippen molar-refractivity contribution in [3.63, 3.8) is 0 Å². The molecule has 3 N–H and O–H groups in total. The minimum Gasteiger partial charge on any atom is -0.351 e. The summed E-state index contributed by atoms with van der Waals surface area (Å²) in [6.45, 7) is 0. The molecule has 0 bridgehead atoms. The van der Waals surface area contributed by atoms with Crippen LogP contribution in [0.3, 0.4) is 0 Å². The Hall–Kier alpha value is -2.30. The number of anilines is 1. The lowest BCUT2D eigenvalue weighted by molar-refractivity contribution is 0.259. The molecule has 0 saturated carbocycles. The van der Waals surface area contributed by atoms with Crippen molar-refractivity contribution in [1.82, 2.24) is 9.78 Å². The van der Waals surface area contributed by atoms with E-state index in [9.17, 15) is 4.79 Å². The molecule has 2 rings (SSSR count). The van der Waals surface area contributed by atoms with Crippen molar-refractivity contribution in [3.8, 4) is 5.69 Å². The third kappa shape index (κ3) is 1.96. The van der Waals surface area contributed by atoms with Crippen molar-refractivity contribution in [1.29, 1.82) is 0 Å². The van der Waals surface area contributed by atoms with Crippen LogP contribution >= 0.6 is 0 Å². The van der Waals surface area contributed by atoms with Gasteiger partial charge in [0.05, 0.1) is 11.9 Å². The van der Waals surface area contributed by atoms with Gasteiger partial charge in [-0.2, -0.15) is 5.10 Å². The van der Waals surface area contributed by atoms with E-state index < -0.39 is 6.03 Å². The van der Waals surface area contributed by atoms with E-state index in [1.54, 1.807) is 16.9 Å². The van der Waals surface area contributed by atoms with Crippen LogP contribution in [0.15, 0.2) is 42.6 Å². The maximum atomic E-state index is 10.7. The van der Waals surface area contributed by atoms with Crippen molar-refractivity contribution in [2.45, 2.75) is 0 Å². The van der Waals surface area contributed by atoms with Crippen molar-refractivity contribution in [3.05, 3.63) is 42.6 Å². The summed E-state index contributed by atoms with van der Waals surface area (Å²) >= 11 is 0. The van der Waals surface area contributed by atoms with Gasteiger partial charge < -0.3 is 5.73 Å². The van der Waals surface area contributed by atoms with Gasteiger partial charge in [-0.25, -0.2) is 9.48 Å². The van der Waals surface area contributed by atoms with Crippen LogP contribution in [-0.2, 0) is 0 Å². The first-order chi connectivity index (χ1) is 7.27. The topological polar surface area (TPSA) is 72.9 Å². The summed E-state index contributed by atoms with van der Waals surface area (Å²) in [4.78, 5) is 10.7. The number of carbonyl (C=O) groups excluding carboxylic acids is 1. The van der Waals surface area contributed by atoms with Crippen LogP contribution in [-0.4, -0.2) is 15.8 Å². The van der Waals surface area contributed by atoms with Crippen LogP contribution in [0.2, 0.25) is 0 Å². The molecule has 0 aliphatic carbocycles. The van der Waals surface area contributed by atoms with Gasteiger partial charge in [0.15, 0.2) is 0 Å². The molecule has 1 aromatic carbocycles. The Bertz CT molecular complexity index is 463. The average molecular weight is 202 g/mol. The highest BCUT2D eigenvalue weighted by Gasteiger charge is 2.05. The number of carbonyl (C=O) groups is 1. The number of primary amides is 1. The van der Waals surface area contributed by atoms with Crippen LogP contribution in [0.4, 0.5) is 10.6 Å². The molecule has 76 valence electrons. The molecule has 0 fully saturated rings. The monoisotopic (exact) mass is 202 g/mol. The summed E-state index contributed by atoms with van der Waals surface area (Å²) in [6.07, 6.45) is 1.60. The zero-order chi connectivity index (χ0) is 10.7. The van der Waals surface area contributed by atoms with Crippen LogP contribution < -0.4 is 11.1 Å². The van der Waals surface area contributed by atoms with Gasteiger partial charge in [-0.15, -0.1) is 0 Å². The molecule has 0 aliphatic rings. The summed E-state index contributed by atoms with van der Waals surface area (Å²) in [6, 6.07) is 10.5. The van der Waals surface area contributed by atoms with Gasteiger partial charge in [0, 0.05) is 6.07 Å². The number of nitrogens with two attached hydrogens (primary N) is 1. The predicted octanol–water partition coefficient (Wildman–Crippen LogP) is 1.36. The number of benzene rings is 1. The first kappa shape index (κ1) is 9.26. The second-order valence-electron chi connectivity index (χ2n) is 2.95. The molecule has 1 heterocycles. The maximum Gasteiger partial charge on any atom is 0.317 e. The summed E-state index contributed by atoms with van der Waals surface area (Å²) in [5.74, 6) is 0.550. The number of nitrogens with zero attached hydrogens (tertiary/aromatic N) is 2. The molecular weight excluding hydrogens is 192 g/mol. The zero-order valence-electron chi connectivity index (χ0n) is 7.92. The summed E-state index contributed by atoms with van der Waals surface area (Å²) in [5.41, 5.74) is 5.91. The number of nitrogens with one attached hydrogen (secondary N) is 1. The Balaban J connectivity index is 2.37. The van der Waals surface area contributed by atoms with E-state index in [2.05, 4.69) is 10.4 Å². The Morgan fingerprint density at radius 1 is 1.27 bits per heavy atom. The Kier molecular flexibility index (Phi) is 2.37. The number of hydrogen-bond acceptors (Lipinski definition) is 2. The van der Waals surface area contributed by atoms with Crippen LogP contribution in [0, 0.1) is 0 Å². The lowest BCUT2D eigenvalue weighted by Gasteiger charge is -2.06. The highest BCUT2D eigenvalue weighted by atomic mass is 16.2. The summed E-state index contributed by atoms with van der Waals surface area (Å²) in [5, 5.41) is 6.58. The minimum atomic E-state index is -0.604. The van der Waals surface area contributed by atoms with Gasteiger partial charge in [0.1, 0.15) is 5.82 Å². The molecule has 2 aromatic rings. The van der Waals surface area contributed by atoms with E-state index in [0.717, 1.165) is 5.69 Å². The molecule has 0 saturated heterocycles. The van der Waals surface area contributed by atoms with Crippen LogP contribution in [0.25, 0.3) is 5.69 Å². The van der Waals surface area contributed by atoms with Crippen molar-refractivity contribution >= 4 is 11.8 Å². The van der Waals surface area contributed by atoms with Gasteiger partial charge in [-0.05, 0) is 12.1 Å². The first-order valence-electron chi connectivity index (χ1n) is 4.43. The Morgan fingerprint density at radius 3 is 2.67 bits per heavy atom. The van der Waals surface area contributed by atoms with E-state index >= 15 is 0 Å². The van der Waals surface area contributed by atoms with Gasteiger partial charge in [0.25, 0.3) is 0 Å². The molecular formula is C10H10N4O. The number of urea groups is 1. The lowest BCUT2D eigenvalue weighted by atomic mass is 10.3. The fraction of sp³-hybridized carbons (Fsp3) is 0. The normalized spacial score (nSPS) is 9.87. The average Bonchev–Trinajstić information content (AvgIpc) is 2.66. The van der Waals surface area contributed by atoms with Crippen molar-refractivity contribution in [2.75, 3.05) is 5.32 Å². The molecule has 0 unspecified atom stereocenters. The molecule has 0 radical (unpaired) electrons. The van der Waals surface area contributed by atoms with Crippen molar-refractivity contribution < 1.29 is 4.79 Å². The Labute approximate surface area is 86.5 Å². The van der Waals surface area contributed by atoms with E-state index in [0.29, 0.717) is 5.82 Å². The number of aromatic nitrogens is 2. The third-order valence-corrected chi connectivity index (χ3v) is 1.89. The SMILES string of the molecule is NC(=O)Nc1ccnn1-c1ccccc1. The minimum absolute atomic E-state index is 0.550. The quantitative estimate of drug-likeness (QED) is 0.771. The highest BCUT2D eigenvalue weighted by molar-refractivity contribution is 5.87. The number of rotatable bonds is 2. The van der Waals surface area contributed by atoms with Crippen LogP contribution in [0.5, 0.6) is 0 Å². The summed E-state index contributed by atoms with van der Waals surface area (Å²) in [7, 11) is 0. The van der Waals surface area contributed by atoms with Gasteiger partial charge in [-0.3, -0.25) is 5.32 Å². The molecule has 0 aliphatic heterocycles. The van der Waals surface area contributed by atoms with E-state index in [1.807, 2.05) is 30.3 Å². The van der Waals surface area contributed by atoms with Crippen molar-refractivity contribution in [2.24, 2.45) is 5.73 Å². The smallest absolute Gasteiger partial charge is 0.317 e. The number of amides is 2. The summed E-state index contributed by atoms with van der Waals surface area (Å²) < 4.78 is 1.60. The molecule has 5 heteroatoms. The van der Waals surface area contributed by atoms with E-state index in [-0.39, 0.29) is 0 Å². The third-order valence-electron chi connectivity index (χ3n) is 1.89. The molecule has 2 amide bonds. The van der Waals surface area contributed by atoms with E-state index in [4.69, 9.17) is 5.73 Å². The number of hydrogen-bond donors (Lipinski definition) is 2. The predicted molar refractivity (Wildman–Crippen MR) is 56.8 cm³/mol. The lowest BCUT2D eigenvalue weighted by Crippen LogP contribution is -2.21. The van der Waals surface area contributed by atoms with Gasteiger partial charge in [0.2, 0.25) is 0 Å².